The first-order valence-corrected chi connectivity index (χ1v) is 7.15. The van der Waals surface area contributed by atoms with Crippen LogP contribution in [-0.2, 0) is 14.3 Å². The Morgan fingerprint density at radius 3 is 3.10 bits per heavy atom. The van der Waals surface area contributed by atoms with Crippen LogP contribution < -0.4 is 4.90 Å². The third-order valence-corrected chi connectivity index (χ3v) is 4.24. The van der Waals surface area contributed by atoms with Crippen LogP contribution >= 0.6 is 22.9 Å². The van der Waals surface area contributed by atoms with Crippen molar-refractivity contribution >= 4 is 50.8 Å². The maximum absolute atomic E-state index is 12.1. The summed E-state index contributed by atoms with van der Waals surface area (Å²) in [5, 5.41) is 1.94. The number of esters is 1. The molecule has 2 aromatic rings. The molecule has 1 aliphatic rings. The highest BCUT2D eigenvalue weighted by Crippen LogP contribution is 2.33. The zero-order valence-electron chi connectivity index (χ0n) is 10.5. The van der Waals surface area contributed by atoms with Gasteiger partial charge >= 0.3 is 5.97 Å². The predicted molar refractivity (Wildman–Crippen MR) is 74.9 cm³/mol. The predicted octanol–water partition coefficient (Wildman–Crippen LogP) is 1.87. The average molecular weight is 312 g/mol. The number of amides is 1. The molecule has 0 aromatic carbocycles. The molecule has 0 saturated carbocycles. The van der Waals surface area contributed by atoms with Crippen molar-refractivity contribution in [3.05, 3.63) is 16.7 Å². The Balaban J connectivity index is 2.01. The topological polar surface area (TPSA) is 72.4 Å². The molecular weight excluding hydrogens is 302 g/mol. The van der Waals surface area contributed by atoms with E-state index in [9.17, 15) is 9.59 Å². The molecule has 0 bridgehead atoms. The van der Waals surface area contributed by atoms with E-state index in [-0.39, 0.29) is 30.1 Å². The molecule has 1 unspecified atom stereocenters. The van der Waals surface area contributed by atoms with Crippen molar-refractivity contribution in [3.8, 4) is 0 Å². The number of carbonyl (C=O) groups excluding carboxylic acids is 2. The van der Waals surface area contributed by atoms with Crippen molar-refractivity contribution in [1.82, 2.24) is 9.97 Å². The Kier molecular flexibility index (Phi) is 3.31. The minimum atomic E-state index is -0.462. The highest BCUT2D eigenvalue weighted by atomic mass is 35.5. The Morgan fingerprint density at radius 1 is 1.55 bits per heavy atom. The Morgan fingerprint density at radius 2 is 2.35 bits per heavy atom. The first-order valence-electron chi connectivity index (χ1n) is 5.89. The van der Waals surface area contributed by atoms with Gasteiger partial charge in [-0.15, -0.1) is 11.3 Å². The van der Waals surface area contributed by atoms with Gasteiger partial charge in [-0.05, 0) is 23.0 Å². The van der Waals surface area contributed by atoms with Crippen LogP contribution in [0.5, 0.6) is 0 Å². The Labute approximate surface area is 123 Å². The fraction of sp³-hybridized carbons (Fsp3) is 0.333. The lowest BCUT2D eigenvalue weighted by Crippen LogP contribution is -2.27. The van der Waals surface area contributed by atoms with E-state index in [2.05, 4.69) is 14.7 Å². The molecule has 1 fully saturated rings. The van der Waals surface area contributed by atoms with Crippen LogP contribution in [0.25, 0.3) is 10.2 Å². The molecule has 8 heteroatoms. The van der Waals surface area contributed by atoms with Crippen LogP contribution in [-0.4, -0.2) is 35.5 Å². The second-order valence-corrected chi connectivity index (χ2v) is 5.63. The van der Waals surface area contributed by atoms with Crippen molar-refractivity contribution in [2.24, 2.45) is 5.92 Å². The molecule has 0 N–H and O–H groups in total. The van der Waals surface area contributed by atoms with E-state index < -0.39 is 5.92 Å². The van der Waals surface area contributed by atoms with Gasteiger partial charge in [0.2, 0.25) is 11.2 Å². The van der Waals surface area contributed by atoms with Gasteiger partial charge < -0.3 is 4.74 Å². The molecule has 1 amide bonds. The molecule has 0 aliphatic carbocycles. The normalized spacial score (nSPS) is 18.8. The number of thiophene rings is 1. The first kappa shape index (κ1) is 13.3. The standard InChI is InChI=1S/C12H10ClN3O3S/c1-19-11(18)6-4-8(17)16(5-6)10-9-7(2-3-20-9)14-12(13)15-10/h2-3,6H,4-5H2,1H3. The number of aromatic nitrogens is 2. The second kappa shape index (κ2) is 4.99. The van der Waals surface area contributed by atoms with E-state index in [4.69, 9.17) is 11.6 Å². The number of halogens is 1. The minimum absolute atomic E-state index is 0.0835. The number of rotatable bonds is 2. The first-order chi connectivity index (χ1) is 9.60. The molecule has 3 rings (SSSR count). The summed E-state index contributed by atoms with van der Waals surface area (Å²) in [6, 6.07) is 1.81. The largest absolute Gasteiger partial charge is 0.469 e. The van der Waals surface area contributed by atoms with Gasteiger partial charge in [-0.3, -0.25) is 14.5 Å². The van der Waals surface area contributed by atoms with Crippen molar-refractivity contribution in [3.63, 3.8) is 0 Å². The number of ether oxygens (including phenoxy) is 1. The summed E-state index contributed by atoms with van der Waals surface area (Å²) < 4.78 is 5.47. The second-order valence-electron chi connectivity index (χ2n) is 4.38. The van der Waals surface area contributed by atoms with Crippen LogP contribution in [0.15, 0.2) is 11.4 Å². The summed E-state index contributed by atoms with van der Waals surface area (Å²) in [5.41, 5.74) is 0.694. The van der Waals surface area contributed by atoms with Crippen LogP contribution in [0, 0.1) is 5.92 Å². The van der Waals surface area contributed by atoms with Crippen LogP contribution in [0.3, 0.4) is 0 Å². The van der Waals surface area contributed by atoms with Gasteiger partial charge in [0, 0.05) is 13.0 Å². The lowest BCUT2D eigenvalue weighted by Gasteiger charge is -2.15. The summed E-state index contributed by atoms with van der Waals surface area (Å²) in [7, 11) is 1.31. The quantitative estimate of drug-likeness (QED) is 0.625. The maximum Gasteiger partial charge on any atom is 0.311 e. The molecule has 20 heavy (non-hydrogen) atoms. The lowest BCUT2D eigenvalue weighted by atomic mass is 10.1. The third kappa shape index (κ3) is 2.12. The van der Waals surface area contributed by atoms with Gasteiger partial charge in [0.05, 0.1) is 23.2 Å². The van der Waals surface area contributed by atoms with E-state index in [1.165, 1.54) is 23.3 Å². The number of hydrogen-bond donors (Lipinski definition) is 0. The highest BCUT2D eigenvalue weighted by molar-refractivity contribution is 7.17. The van der Waals surface area contributed by atoms with Crippen molar-refractivity contribution in [2.75, 3.05) is 18.6 Å². The van der Waals surface area contributed by atoms with Crippen molar-refractivity contribution < 1.29 is 14.3 Å². The average Bonchev–Trinajstić information content (AvgIpc) is 3.03. The molecule has 1 atom stereocenters. The van der Waals surface area contributed by atoms with Gasteiger partial charge in [0.1, 0.15) is 0 Å². The minimum Gasteiger partial charge on any atom is -0.469 e. The van der Waals surface area contributed by atoms with Gasteiger partial charge in [0.25, 0.3) is 0 Å². The fourth-order valence-corrected chi connectivity index (χ4v) is 3.24. The van der Waals surface area contributed by atoms with Gasteiger partial charge in [0.15, 0.2) is 5.82 Å². The van der Waals surface area contributed by atoms with E-state index in [1.807, 2.05) is 11.4 Å². The summed E-state index contributed by atoms with van der Waals surface area (Å²) in [6.07, 6.45) is 0.126. The lowest BCUT2D eigenvalue weighted by molar-refractivity contribution is -0.145. The Hall–Kier alpha value is -1.73. The molecule has 2 aromatic heterocycles. The third-order valence-electron chi connectivity index (χ3n) is 3.17. The van der Waals surface area contributed by atoms with Crippen LogP contribution in [0.4, 0.5) is 5.82 Å². The number of hydrogen-bond acceptors (Lipinski definition) is 6. The molecule has 1 saturated heterocycles. The SMILES string of the molecule is COC(=O)C1CC(=O)N(c2nc(Cl)nc3ccsc23)C1. The summed E-state index contributed by atoms with van der Waals surface area (Å²) in [4.78, 5) is 33.4. The monoisotopic (exact) mass is 311 g/mol. The molecule has 6 nitrogen and oxygen atoms in total. The number of methoxy groups -OCH3 is 1. The van der Waals surface area contributed by atoms with Gasteiger partial charge in [-0.1, -0.05) is 0 Å². The maximum atomic E-state index is 12.1. The zero-order valence-corrected chi connectivity index (χ0v) is 12.1. The summed E-state index contributed by atoms with van der Waals surface area (Å²) in [5.74, 6) is -0.545. The highest BCUT2D eigenvalue weighted by Gasteiger charge is 2.37. The van der Waals surface area contributed by atoms with Crippen molar-refractivity contribution in [2.45, 2.75) is 6.42 Å². The molecule has 0 radical (unpaired) electrons. The van der Waals surface area contributed by atoms with Crippen LogP contribution in [0.1, 0.15) is 6.42 Å². The summed E-state index contributed by atoms with van der Waals surface area (Å²) >= 11 is 7.32. The number of anilines is 1. The molecule has 104 valence electrons. The zero-order chi connectivity index (χ0) is 14.3. The van der Waals surface area contributed by atoms with Crippen LogP contribution in [0.2, 0.25) is 5.28 Å². The smallest absolute Gasteiger partial charge is 0.311 e. The molecule has 3 heterocycles. The Bertz CT molecular complexity index is 702. The number of nitrogens with zero attached hydrogens (tertiary/aromatic N) is 3. The van der Waals surface area contributed by atoms with E-state index >= 15 is 0 Å². The fourth-order valence-electron chi connectivity index (χ4n) is 2.24. The molecule has 1 aliphatic heterocycles. The molecular formula is C12H10ClN3O3S. The van der Waals surface area contributed by atoms with Gasteiger partial charge in [-0.2, -0.15) is 4.98 Å². The van der Waals surface area contributed by atoms with E-state index in [0.717, 1.165) is 4.70 Å². The van der Waals surface area contributed by atoms with Gasteiger partial charge in [-0.25, -0.2) is 4.98 Å². The van der Waals surface area contributed by atoms with E-state index in [1.54, 1.807) is 0 Å². The van der Waals surface area contributed by atoms with E-state index in [0.29, 0.717) is 11.3 Å². The number of carbonyl (C=O) groups is 2. The number of fused-ring (bicyclic) bond motifs is 1. The summed E-state index contributed by atoms with van der Waals surface area (Å²) in [6.45, 7) is 0.256. The molecule has 0 spiro atoms. The van der Waals surface area contributed by atoms with Crippen molar-refractivity contribution in [1.29, 1.82) is 0 Å².